The van der Waals surface area contributed by atoms with E-state index in [0.29, 0.717) is 69.8 Å². The molecule has 4 aliphatic heterocycles. The van der Waals surface area contributed by atoms with Crippen molar-refractivity contribution in [3.63, 3.8) is 0 Å². The second kappa shape index (κ2) is 27.3. The lowest BCUT2D eigenvalue weighted by molar-refractivity contribution is -0.203. The summed E-state index contributed by atoms with van der Waals surface area (Å²) in [7, 11) is 3.88. The van der Waals surface area contributed by atoms with E-state index < -0.39 is 41.5 Å². The minimum absolute atomic E-state index is 0.0907. The van der Waals surface area contributed by atoms with Crippen LogP contribution in [-0.4, -0.2) is 172 Å². The summed E-state index contributed by atoms with van der Waals surface area (Å²) in [6, 6.07) is 3.59. The van der Waals surface area contributed by atoms with Crippen LogP contribution in [0.5, 0.6) is 5.75 Å². The predicted molar refractivity (Wildman–Crippen MR) is 249 cm³/mol. The number of Topliss-reactive ketones (excluding diaryl/α,β-unsaturated/α-hetero) is 2. The number of piperidine rings is 2. The van der Waals surface area contributed by atoms with E-state index in [0.717, 1.165) is 82.7 Å². The molecule has 8 unspecified atom stereocenters. The number of rotatable bonds is 8. The van der Waals surface area contributed by atoms with E-state index >= 15 is 0 Å². The van der Waals surface area contributed by atoms with E-state index in [4.69, 9.17) is 48.8 Å². The number of carboxylic acid groups (broad SMARTS) is 2. The van der Waals surface area contributed by atoms with Crippen molar-refractivity contribution in [2.45, 2.75) is 95.5 Å². The second-order valence-electron chi connectivity index (χ2n) is 19.7. The Balaban J connectivity index is 0.000000165. The zero-order chi connectivity index (χ0) is 51.7. The number of amides is 1. The molecule has 0 radical (unpaired) electrons. The molecule has 0 aromatic heterocycles. The maximum atomic E-state index is 11.5. The maximum absolute atomic E-state index is 11.5. The van der Waals surface area contributed by atoms with Gasteiger partial charge in [0, 0.05) is 77.7 Å². The number of aliphatic hydroxyl groups is 2. The first-order valence-corrected chi connectivity index (χ1v) is 24.7. The summed E-state index contributed by atoms with van der Waals surface area (Å²) in [4.78, 5) is 79.6. The minimum atomic E-state index is -1.19. The Morgan fingerprint density at radius 2 is 1.07 bits per heavy atom. The Labute approximate surface area is 414 Å². The van der Waals surface area contributed by atoms with Crippen molar-refractivity contribution in [2.24, 2.45) is 47.3 Å². The third-order valence-electron chi connectivity index (χ3n) is 14.1. The number of carbonyl (C=O) groups excluding carboxylic acids is 5. The fourth-order valence-electron chi connectivity index (χ4n) is 11.3. The van der Waals surface area contributed by atoms with E-state index in [1.54, 1.807) is 4.90 Å². The molecule has 4 heterocycles. The molecule has 8 atom stereocenters. The number of nitrogens with zero attached hydrogens (tertiary/aromatic N) is 1. The molecule has 398 valence electrons. The van der Waals surface area contributed by atoms with Crippen molar-refractivity contribution in [1.82, 2.24) is 10.2 Å². The highest BCUT2D eigenvalue weighted by atomic mass is 16.7. The van der Waals surface area contributed by atoms with E-state index in [-0.39, 0.29) is 72.4 Å². The standard InChI is InChI=1S/C11H17NO3.C10H17NO2.C10H14O5.C10H18O4.C9H8O5/c1-2-15-11(14)12-6-8-3-9(7-12)5-10(13)4-8;1-2-13-10(12-1)4-8-3-9(5-10)7-11-6-8;1-14-9(12)6-3-7(10(13)15-2)5-8(11)4-6;11-6-8-3-9(7-12)5-10(4-8)13-1-2-14-10;1-14-7-3-5(8(10)11)2-6(4-7)9(12)13/h8-9H,2-7H2,1H3;8-9,11H,1-7H2;6-7H,3-5H2,1-2H3;8-9,11-12H,1-7H2;2-4H,1H3,(H,10,11)(H,12,13). The number of likely N-dealkylation sites (tertiary alicyclic amines) is 1. The van der Waals surface area contributed by atoms with Crippen LogP contribution >= 0.6 is 0 Å². The van der Waals surface area contributed by atoms with Crippen LogP contribution in [-0.2, 0) is 52.3 Å². The first-order valence-electron chi connectivity index (χ1n) is 24.7. The molecule has 1 amide bonds. The molecule has 4 saturated heterocycles. The van der Waals surface area contributed by atoms with Gasteiger partial charge in [0.1, 0.15) is 17.3 Å². The molecule has 21 nitrogen and oxygen atoms in total. The smallest absolute Gasteiger partial charge is 0.409 e. The number of ketones is 2. The Morgan fingerprint density at radius 3 is 1.48 bits per heavy atom. The summed E-state index contributed by atoms with van der Waals surface area (Å²) in [5.74, 6) is -1.71. The van der Waals surface area contributed by atoms with Gasteiger partial charge in [0.25, 0.3) is 0 Å². The molecular weight excluding hydrogens is 933 g/mol. The van der Waals surface area contributed by atoms with Gasteiger partial charge < -0.3 is 68.5 Å². The number of benzene rings is 1. The molecular formula is C50H74N2O19. The van der Waals surface area contributed by atoms with Gasteiger partial charge in [-0.2, -0.15) is 0 Å². The van der Waals surface area contributed by atoms with Crippen molar-refractivity contribution >= 4 is 41.5 Å². The van der Waals surface area contributed by atoms with Crippen molar-refractivity contribution < 1.29 is 91.9 Å². The third kappa shape index (κ3) is 16.9. The summed E-state index contributed by atoms with van der Waals surface area (Å²) in [5.41, 5.74) is -0.219. The highest BCUT2D eigenvalue weighted by molar-refractivity contribution is 5.94. The molecule has 2 spiro atoms. The number of fused-ring (bicyclic) bond motifs is 4. The topological polar surface area (TPSA) is 290 Å². The number of aliphatic hydroxyl groups excluding tert-OH is 2. The molecule has 8 aliphatic rings. The van der Waals surface area contributed by atoms with Crippen molar-refractivity contribution in [1.29, 1.82) is 0 Å². The number of carboxylic acids is 2. The summed E-state index contributed by atoms with van der Waals surface area (Å²) in [5, 5.41) is 39.1. The molecule has 9 rings (SSSR count). The molecule has 21 heteroatoms. The van der Waals surface area contributed by atoms with Gasteiger partial charge in [0.15, 0.2) is 11.6 Å². The molecule has 4 saturated carbocycles. The predicted octanol–water partition coefficient (Wildman–Crippen LogP) is 3.73. The summed E-state index contributed by atoms with van der Waals surface area (Å²) < 4.78 is 41.6. The fraction of sp³-hybridized carbons (Fsp3) is 0.740. The van der Waals surface area contributed by atoms with Gasteiger partial charge in [-0.3, -0.25) is 19.2 Å². The molecule has 5 N–H and O–H groups in total. The van der Waals surface area contributed by atoms with Crippen LogP contribution in [0.4, 0.5) is 4.79 Å². The van der Waals surface area contributed by atoms with Crippen LogP contribution < -0.4 is 10.1 Å². The number of esters is 2. The van der Waals surface area contributed by atoms with Crippen LogP contribution in [0.2, 0.25) is 0 Å². The normalized spacial score (nSPS) is 28.7. The van der Waals surface area contributed by atoms with E-state index in [2.05, 4.69) is 14.8 Å². The number of nitrogens with one attached hydrogen (secondary N) is 1. The van der Waals surface area contributed by atoms with Crippen molar-refractivity contribution in [3.05, 3.63) is 29.3 Å². The lowest BCUT2D eigenvalue weighted by Gasteiger charge is -2.43. The van der Waals surface area contributed by atoms with E-state index in [1.165, 1.54) is 39.9 Å². The van der Waals surface area contributed by atoms with Gasteiger partial charge in [0.05, 0.1) is 77.3 Å². The van der Waals surface area contributed by atoms with Crippen LogP contribution in [0.1, 0.15) is 105 Å². The molecule has 1 aromatic carbocycles. The number of aromatic carboxylic acids is 2. The largest absolute Gasteiger partial charge is 0.497 e. The summed E-state index contributed by atoms with van der Waals surface area (Å²) in [6.45, 7) is 9.12. The Kier molecular flexibility index (Phi) is 22.0. The zero-order valence-corrected chi connectivity index (χ0v) is 41.5. The van der Waals surface area contributed by atoms with E-state index in [1.807, 2.05) is 6.92 Å². The first kappa shape index (κ1) is 57.1. The van der Waals surface area contributed by atoms with Gasteiger partial charge in [-0.15, -0.1) is 0 Å². The highest BCUT2D eigenvalue weighted by Crippen LogP contribution is 2.43. The monoisotopic (exact) mass is 1010 g/mol. The molecule has 8 fully saturated rings. The van der Waals surface area contributed by atoms with Crippen molar-refractivity contribution in [2.75, 3.05) is 93.8 Å². The zero-order valence-electron chi connectivity index (χ0n) is 41.5. The Bertz CT molecular complexity index is 1870. The summed E-state index contributed by atoms with van der Waals surface area (Å²) >= 11 is 0. The SMILES string of the molecule is C1COC2(CC3CNCC(C3)C2)O1.CCOC(=O)N1CC2CC(=O)CC(C2)C1.COC(=O)C1CC(=O)CC(C(=O)OC)C1.COc1cc(C(=O)O)cc(C(=O)O)c1.OCC1CC(CO)CC2(C1)OCCO2. The highest BCUT2D eigenvalue weighted by Gasteiger charge is 2.47. The Hall–Kier alpha value is -4.77. The summed E-state index contributed by atoms with van der Waals surface area (Å²) in [6.07, 6.45) is 8.84. The quantitative estimate of drug-likeness (QED) is 0.183. The number of carbonyl (C=O) groups is 7. The molecule has 71 heavy (non-hydrogen) atoms. The third-order valence-corrected chi connectivity index (χ3v) is 14.1. The number of hydrogen-bond donors (Lipinski definition) is 5. The van der Waals surface area contributed by atoms with Gasteiger partial charge in [-0.1, -0.05) is 0 Å². The van der Waals surface area contributed by atoms with Crippen LogP contribution in [0.15, 0.2) is 18.2 Å². The lowest BCUT2D eigenvalue weighted by Crippen LogP contribution is -2.49. The number of ether oxygens (including phenoxy) is 8. The minimum Gasteiger partial charge on any atom is -0.497 e. The van der Waals surface area contributed by atoms with Crippen LogP contribution in [0.25, 0.3) is 0 Å². The average Bonchev–Trinajstić information content (AvgIpc) is 4.01. The number of methoxy groups -OCH3 is 3. The number of hydrogen-bond acceptors (Lipinski definition) is 18. The molecule has 4 bridgehead atoms. The molecule has 1 aromatic rings. The maximum Gasteiger partial charge on any atom is 0.409 e. The van der Waals surface area contributed by atoms with Crippen LogP contribution in [0.3, 0.4) is 0 Å². The van der Waals surface area contributed by atoms with Gasteiger partial charge >= 0.3 is 30.0 Å². The Morgan fingerprint density at radius 1 is 0.634 bits per heavy atom. The van der Waals surface area contributed by atoms with E-state index in [9.17, 15) is 33.6 Å². The first-order chi connectivity index (χ1) is 33.9. The second-order valence-corrected chi connectivity index (χ2v) is 19.7. The van der Waals surface area contributed by atoms with Crippen molar-refractivity contribution in [3.8, 4) is 5.75 Å². The lowest BCUT2D eigenvalue weighted by atomic mass is 9.75. The fourth-order valence-corrected chi connectivity index (χ4v) is 11.3. The van der Waals surface area contributed by atoms with Gasteiger partial charge in [-0.05, 0) is 99.4 Å². The average molecular weight is 1010 g/mol. The van der Waals surface area contributed by atoms with Crippen LogP contribution in [0, 0.1) is 47.3 Å². The van der Waals surface area contributed by atoms with Gasteiger partial charge in [-0.25, -0.2) is 14.4 Å². The van der Waals surface area contributed by atoms with Gasteiger partial charge in [0.2, 0.25) is 0 Å². The molecule has 4 aliphatic carbocycles.